The fraction of sp³-hybridized carbons (Fsp3) is 0.0625. The molecule has 1 heterocycles. The van der Waals surface area contributed by atoms with Gasteiger partial charge in [-0.25, -0.2) is 4.79 Å². The summed E-state index contributed by atoms with van der Waals surface area (Å²) in [5.41, 5.74) is 2.34. The van der Waals surface area contributed by atoms with Gasteiger partial charge in [-0.1, -0.05) is 29.8 Å². The lowest BCUT2D eigenvalue weighted by molar-refractivity contribution is -0.114. The largest absolute Gasteiger partial charge is 0.478 e. The maximum Gasteiger partial charge on any atom is 0.335 e. The predicted molar refractivity (Wildman–Crippen MR) is 84.0 cm³/mol. The van der Waals surface area contributed by atoms with Crippen LogP contribution in [-0.4, -0.2) is 29.2 Å². The topological polar surface area (TPSA) is 78.8 Å². The highest BCUT2D eigenvalue weighted by atomic mass is 35.5. The van der Waals surface area contributed by atoms with E-state index in [1.807, 2.05) is 6.07 Å². The van der Waals surface area contributed by atoms with Crippen LogP contribution in [0, 0.1) is 0 Å². The van der Waals surface area contributed by atoms with Crippen molar-refractivity contribution in [1.29, 1.82) is 0 Å². The number of aromatic carboxylic acids is 1. The first-order valence-electron chi connectivity index (χ1n) is 6.53. The summed E-state index contributed by atoms with van der Waals surface area (Å²) in [6, 6.07) is 11.6. The van der Waals surface area contributed by atoms with Gasteiger partial charge in [0.1, 0.15) is 6.54 Å². The van der Waals surface area contributed by atoms with Crippen molar-refractivity contribution in [3.05, 3.63) is 64.2 Å². The number of fused-ring (bicyclic) bond motifs is 1. The maximum atomic E-state index is 11.8. The maximum absolute atomic E-state index is 11.8. The van der Waals surface area contributed by atoms with E-state index in [4.69, 9.17) is 16.7 Å². The lowest BCUT2D eigenvalue weighted by Gasteiger charge is -2.12. The Kier molecular flexibility index (Phi) is 3.65. The molecule has 0 spiro atoms. The summed E-state index contributed by atoms with van der Waals surface area (Å²) >= 11 is 6.21. The van der Waals surface area contributed by atoms with Gasteiger partial charge >= 0.3 is 5.97 Å². The Hall–Kier alpha value is -2.66. The number of anilines is 1. The number of carbonyl (C=O) groups is 2. The quantitative estimate of drug-likeness (QED) is 0.894. The van der Waals surface area contributed by atoms with Crippen LogP contribution in [0.3, 0.4) is 0 Å². The number of aliphatic imine (C=N–C) groups is 1. The number of carboxylic acid groups (broad SMARTS) is 1. The predicted octanol–water partition coefficient (Wildman–Crippen LogP) is 2.83. The third-order valence-corrected chi connectivity index (χ3v) is 3.64. The Morgan fingerprint density at radius 1 is 1.18 bits per heavy atom. The van der Waals surface area contributed by atoms with Crippen molar-refractivity contribution in [3.8, 4) is 0 Å². The van der Waals surface area contributed by atoms with Gasteiger partial charge in [0.05, 0.1) is 17.0 Å². The lowest BCUT2D eigenvalue weighted by Crippen LogP contribution is -2.13. The SMILES string of the molecule is O=C1CN=C(c2ccccc2Cl)c2cc(C(=O)O)ccc2N1. The number of halogens is 1. The van der Waals surface area contributed by atoms with Crippen LogP contribution in [0.4, 0.5) is 5.69 Å². The summed E-state index contributed by atoms with van der Waals surface area (Å²) in [5.74, 6) is -1.30. The molecule has 2 aromatic rings. The summed E-state index contributed by atoms with van der Waals surface area (Å²) < 4.78 is 0. The number of nitrogens with zero attached hydrogens (tertiary/aromatic N) is 1. The average Bonchev–Trinajstić information content (AvgIpc) is 2.65. The van der Waals surface area contributed by atoms with E-state index in [-0.39, 0.29) is 18.0 Å². The van der Waals surface area contributed by atoms with Crippen LogP contribution in [0.25, 0.3) is 0 Å². The number of amides is 1. The number of rotatable bonds is 2. The van der Waals surface area contributed by atoms with Crippen molar-refractivity contribution in [3.63, 3.8) is 0 Å². The zero-order valence-corrected chi connectivity index (χ0v) is 12.1. The molecule has 0 saturated heterocycles. The Bertz CT molecular complexity index is 815. The molecule has 0 bridgehead atoms. The normalized spacial score (nSPS) is 13.7. The zero-order valence-electron chi connectivity index (χ0n) is 11.3. The number of benzene rings is 2. The van der Waals surface area contributed by atoms with Gasteiger partial charge in [-0.05, 0) is 24.3 Å². The standard InChI is InChI=1S/C16H11ClN2O3/c17-12-4-2-1-3-10(12)15-11-7-9(16(21)22)5-6-13(11)19-14(20)8-18-15/h1-7H,8H2,(H,19,20)(H,21,22). The van der Waals surface area contributed by atoms with E-state index < -0.39 is 5.97 Å². The Morgan fingerprint density at radius 3 is 2.68 bits per heavy atom. The van der Waals surface area contributed by atoms with E-state index in [0.717, 1.165) is 0 Å². The van der Waals surface area contributed by atoms with Gasteiger partial charge in [0.15, 0.2) is 0 Å². The highest BCUT2D eigenvalue weighted by molar-refractivity contribution is 6.36. The molecule has 2 aromatic carbocycles. The van der Waals surface area contributed by atoms with Crippen LogP contribution in [0.5, 0.6) is 0 Å². The minimum atomic E-state index is -1.04. The van der Waals surface area contributed by atoms with E-state index in [0.29, 0.717) is 27.5 Å². The minimum absolute atomic E-state index is 0.0440. The first-order chi connectivity index (χ1) is 10.6. The fourth-order valence-corrected chi connectivity index (χ4v) is 2.52. The van der Waals surface area contributed by atoms with Crippen molar-refractivity contribution in [2.45, 2.75) is 0 Å². The summed E-state index contributed by atoms with van der Waals surface area (Å²) in [6.07, 6.45) is 0. The second-order valence-corrected chi connectivity index (χ2v) is 5.17. The van der Waals surface area contributed by atoms with Gasteiger partial charge in [0, 0.05) is 16.1 Å². The molecule has 0 fully saturated rings. The van der Waals surface area contributed by atoms with Gasteiger partial charge in [0.25, 0.3) is 0 Å². The Labute approximate surface area is 131 Å². The first-order valence-corrected chi connectivity index (χ1v) is 6.91. The van der Waals surface area contributed by atoms with Crippen LogP contribution < -0.4 is 5.32 Å². The van der Waals surface area contributed by atoms with Crippen LogP contribution in [0.2, 0.25) is 5.02 Å². The summed E-state index contributed by atoms with van der Waals surface area (Å²) in [5, 5.41) is 12.4. The van der Waals surface area contributed by atoms with E-state index in [9.17, 15) is 9.59 Å². The van der Waals surface area contributed by atoms with Gasteiger partial charge in [-0.15, -0.1) is 0 Å². The van der Waals surface area contributed by atoms with Crippen molar-refractivity contribution in [2.24, 2.45) is 4.99 Å². The molecule has 22 heavy (non-hydrogen) atoms. The second kappa shape index (κ2) is 5.61. The molecule has 0 radical (unpaired) electrons. The summed E-state index contributed by atoms with van der Waals surface area (Å²) in [6.45, 7) is -0.0440. The van der Waals surface area contributed by atoms with Crippen molar-refractivity contribution < 1.29 is 14.7 Å². The molecular weight excluding hydrogens is 304 g/mol. The number of carboxylic acids is 1. The highest BCUT2D eigenvalue weighted by Gasteiger charge is 2.21. The monoisotopic (exact) mass is 314 g/mol. The Morgan fingerprint density at radius 2 is 1.95 bits per heavy atom. The van der Waals surface area contributed by atoms with Crippen LogP contribution in [0.1, 0.15) is 21.5 Å². The summed E-state index contributed by atoms with van der Waals surface area (Å²) in [4.78, 5) is 27.3. The first kappa shape index (κ1) is 14.3. The number of nitrogens with one attached hydrogen (secondary N) is 1. The second-order valence-electron chi connectivity index (χ2n) is 4.76. The third kappa shape index (κ3) is 2.58. The molecule has 0 atom stereocenters. The molecule has 6 heteroatoms. The molecule has 0 aromatic heterocycles. The zero-order chi connectivity index (χ0) is 15.7. The molecule has 3 rings (SSSR count). The molecular formula is C16H11ClN2O3. The average molecular weight is 315 g/mol. The highest BCUT2D eigenvalue weighted by Crippen LogP contribution is 2.27. The van der Waals surface area contributed by atoms with E-state index in [2.05, 4.69) is 10.3 Å². The van der Waals surface area contributed by atoms with Crippen molar-refractivity contribution in [2.75, 3.05) is 11.9 Å². The van der Waals surface area contributed by atoms with Gasteiger partial charge in [-0.2, -0.15) is 0 Å². The molecule has 0 unspecified atom stereocenters. The number of benzodiazepines with no additional fused rings is 1. The molecule has 110 valence electrons. The van der Waals surface area contributed by atoms with Gasteiger partial charge in [-0.3, -0.25) is 9.79 Å². The van der Waals surface area contributed by atoms with Crippen LogP contribution in [0.15, 0.2) is 47.5 Å². The summed E-state index contributed by atoms with van der Waals surface area (Å²) in [7, 11) is 0. The number of hydrogen-bond donors (Lipinski definition) is 2. The van der Waals surface area contributed by atoms with Crippen molar-refractivity contribution >= 4 is 34.9 Å². The molecule has 1 aliphatic heterocycles. The lowest BCUT2D eigenvalue weighted by atomic mass is 9.98. The molecule has 0 aliphatic carbocycles. The van der Waals surface area contributed by atoms with Crippen LogP contribution >= 0.6 is 11.6 Å². The fourth-order valence-electron chi connectivity index (χ4n) is 2.29. The minimum Gasteiger partial charge on any atom is -0.478 e. The Balaban J connectivity index is 2.23. The molecule has 1 aliphatic rings. The smallest absolute Gasteiger partial charge is 0.335 e. The van der Waals surface area contributed by atoms with Gasteiger partial charge < -0.3 is 10.4 Å². The number of carbonyl (C=O) groups excluding carboxylic acids is 1. The van der Waals surface area contributed by atoms with E-state index >= 15 is 0 Å². The van der Waals surface area contributed by atoms with Crippen molar-refractivity contribution in [1.82, 2.24) is 0 Å². The number of hydrogen-bond acceptors (Lipinski definition) is 3. The van der Waals surface area contributed by atoms with E-state index in [1.54, 1.807) is 24.3 Å². The molecule has 2 N–H and O–H groups in total. The van der Waals surface area contributed by atoms with Crippen LogP contribution in [-0.2, 0) is 4.79 Å². The van der Waals surface area contributed by atoms with Gasteiger partial charge in [0.2, 0.25) is 5.91 Å². The van der Waals surface area contributed by atoms with E-state index in [1.165, 1.54) is 12.1 Å². The molecule has 5 nitrogen and oxygen atoms in total. The third-order valence-electron chi connectivity index (χ3n) is 3.31. The molecule has 1 amide bonds. The molecule has 0 saturated carbocycles.